The van der Waals surface area contributed by atoms with Crippen molar-refractivity contribution in [2.45, 2.75) is 16.7 Å². The Morgan fingerprint density at radius 3 is 2.40 bits per heavy atom. The van der Waals surface area contributed by atoms with E-state index in [1.165, 1.54) is 31.2 Å². The fourth-order valence-electron chi connectivity index (χ4n) is 2.46. The normalized spacial score (nSPS) is 13.8. The van der Waals surface area contributed by atoms with Crippen LogP contribution in [0, 0.1) is 0 Å². The first-order valence-corrected chi connectivity index (χ1v) is 9.06. The summed E-state index contributed by atoms with van der Waals surface area (Å²) < 4.78 is 30.9. The van der Waals surface area contributed by atoms with E-state index < -0.39 is 9.84 Å². The zero-order valence-electron chi connectivity index (χ0n) is 13.4. The van der Waals surface area contributed by atoms with Gasteiger partial charge in [-0.2, -0.15) is 0 Å². The van der Waals surface area contributed by atoms with E-state index in [4.69, 9.17) is 4.74 Å². The Bertz CT molecular complexity index is 953. The lowest BCUT2D eigenvalue weighted by Gasteiger charge is -2.20. The van der Waals surface area contributed by atoms with Gasteiger partial charge in [-0.15, -0.1) is 0 Å². The number of para-hydroxylation sites is 1. The largest absolute Gasteiger partial charge is 0.455 e. The summed E-state index contributed by atoms with van der Waals surface area (Å²) in [6.07, 6.45) is 0. The van der Waals surface area contributed by atoms with Crippen LogP contribution in [0.15, 0.2) is 52.3 Å². The molecule has 0 atom stereocenters. The Labute approximate surface area is 144 Å². The number of carbonyl (C=O) groups is 2. The van der Waals surface area contributed by atoms with E-state index in [-0.39, 0.29) is 45.2 Å². The number of benzene rings is 2. The minimum Gasteiger partial charge on any atom is -0.455 e. The van der Waals surface area contributed by atoms with Crippen molar-refractivity contribution in [3.05, 3.63) is 48.0 Å². The zero-order chi connectivity index (χ0) is 18.0. The van der Waals surface area contributed by atoms with Crippen LogP contribution in [0.1, 0.15) is 17.3 Å². The standard InChI is InChI=1S/C17H16N2O5S/c1-11(20)18-8-9-19-17(21)12-6-7-16-14(10-12)24-13-4-2-3-5-15(13)25(16,22)23/h2-7,10H,8-9H2,1H3,(H,18,20)(H,19,21). The smallest absolute Gasteiger partial charge is 0.251 e. The van der Waals surface area contributed by atoms with Crippen LogP contribution in [0.25, 0.3) is 0 Å². The Morgan fingerprint density at radius 2 is 1.64 bits per heavy atom. The van der Waals surface area contributed by atoms with Crippen molar-refractivity contribution in [2.75, 3.05) is 13.1 Å². The highest BCUT2D eigenvalue weighted by atomic mass is 32.2. The van der Waals surface area contributed by atoms with Crippen LogP contribution < -0.4 is 15.4 Å². The zero-order valence-corrected chi connectivity index (χ0v) is 14.2. The molecule has 8 heteroatoms. The molecule has 1 heterocycles. The Balaban J connectivity index is 1.82. The number of ether oxygens (including phenoxy) is 1. The highest BCUT2D eigenvalue weighted by Crippen LogP contribution is 2.42. The van der Waals surface area contributed by atoms with E-state index >= 15 is 0 Å². The number of sulfone groups is 1. The lowest BCUT2D eigenvalue weighted by Crippen LogP contribution is -2.33. The fraction of sp³-hybridized carbons (Fsp3) is 0.176. The van der Waals surface area contributed by atoms with E-state index in [1.54, 1.807) is 18.2 Å². The minimum absolute atomic E-state index is 0.0287. The van der Waals surface area contributed by atoms with Crippen LogP contribution in [-0.2, 0) is 14.6 Å². The van der Waals surface area contributed by atoms with Crippen LogP contribution >= 0.6 is 0 Å². The van der Waals surface area contributed by atoms with E-state index in [1.807, 2.05) is 0 Å². The summed E-state index contributed by atoms with van der Waals surface area (Å²) in [4.78, 5) is 23.1. The average Bonchev–Trinajstić information content (AvgIpc) is 2.58. The van der Waals surface area contributed by atoms with Gasteiger partial charge >= 0.3 is 0 Å². The number of amides is 2. The lowest BCUT2D eigenvalue weighted by molar-refractivity contribution is -0.118. The summed E-state index contributed by atoms with van der Waals surface area (Å²) >= 11 is 0. The molecule has 2 N–H and O–H groups in total. The molecule has 0 saturated carbocycles. The highest BCUT2D eigenvalue weighted by Gasteiger charge is 2.31. The minimum atomic E-state index is -3.68. The molecule has 0 fully saturated rings. The summed E-state index contributed by atoms with van der Waals surface area (Å²) in [6, 6.07) is 10.5. The number of carbonyl (C=O) groups excluding carboxylic acids is 2. The van der Waals surface area contributed by atoms with Crippen LogP contribution in [0.5, 0.6) is 11.5 Å². The van der Waals surface area contributed by atoms with E-state index in [2.05, 4.69) is 10.6 Å². The predicted octanol–water partition coefficient (Wildman–Crippen LogP) is 1.49. The van der Waals surface area contributed by atoms with Crippen LogP contribution in [0.4, 0.5) is 0 Å². The van der Waals surface area contributed by atoms with Crippen molar-refractivity contribution >= 4 is 21.7 Å². The summed E-state index contributed by atoms with van der Waals surface area (Å²) in [5, 5.41) is 5.21. The molecule has 130 valence electrons. The third kappa shape index (κ3) is 3.34. The quantitative estimate of drug-likeness (QED) is 0.687. The maximum Gasteiger partial charge on any atom is 0.251 e. The van der Waals surface area contributed by atoms with Gasteiger partial charge in [0.2, 0.25) is 15.7 Å². The van der Waals surface area contributed by atoms with Gasteiger partial charge in [0.25, 0.3) is 5.91 Å². The number of hydrogen-bond donors (Lipinski definition) is 2. The lowest BCUT2D eigenvalue weighted by atomic mass is 10.2. The number of fused-ring (bicyclic) bond motifs is 2. The second kappa shape index (κ2) is 6.56. The number of nitrogens with one attached hydrogen (secondary N) is 2. The van der Waals surface area contributed by atoms with Gasteiger partial charge in [-0.25, -0.2) is 8.42 Å². The first kappa shape index (κ1) is 17.0. The average molecular weight is 360 g/mol. The predicted molar refractivity (Wildman–Crippen MR) is 89.4 cm³/mol. The summed E-state index contributed by atoms with van der Waals surface area (Å²) in [6.45, 7) is 1.96. The molecule has 0 spiro atoms. The maximum atomic E-state index is 12.6. The first-order chi connectivity index (χ1) is 11.9. The molecule has 0 aromatic heterocycles. The molecule has 2 aromatic rings. The van der Waals surface area contributed by atoms with Crippen molar-refractivity contribution in [1.29, 1.82) is 0 Å². The monoisotopic (exact) mass is 360 g/mol. The van der Waals surface area contributed by atoms with Crippen LogP contribution in [0.3, 0.4) is 0 Å². The molecule has 2 amide bonds. The van der Waals surface area contributed by atoms with Crippen LogP contribution in [0.2, 0.25) is 0 Å². The van der Waals surface area contributed by atoms with Gasteiger partial charge in [-0.3, -0.25) is 9.59 Å². The fourth-order valence-corrected chi connectivity index (χ4v) is 3.94. The van der Waals surface area contributed by atoms with Gasteiger partial charge < -0.3 is 15.4 Å². The third-order valence-electron chi connectivity index (χ3n) is 3.64. The molecule has 7 nitrogen and oxygen atoms in total. The van der Waals surface area contributed by atoms with Gasteiger partial charge in [0.1, 0.15) is 21.3 Å². The van der Waals surface area contributed by atoms with Crippen molar-refractivity contribution in [1.82, 2.24) is 10.6 Å². The Morgan fingerprint density at radius 1 is 0.960 bits per heavy atom. The first-order valence-electron chi connectivity index (χ1n) is 7.58. The molecule has 0 aliphatic carbocycles. The maximum absolute atomic E-state index is 12.6. The molecular formula is C17H16N2O5S. The second-order valence-corrected chi connectivity index (χ2v) is 7.34. The van der Waals surface area contributed by atoms with Crippen molar-refractivity contribution in [3.63, 3.8) is 0 Å². The second-order valence-electron chi connectivity index (χ2n) is 5.45. The van der Waals surface area contributed by atoms with Gasteiger partial charge in [0.15, 0.2) is 0 Å². The van der Waals surface area contributed by atoms with Gasteiger partial charge in [-0.05, 0) is 30.3 Å². The topological polar surface area (TPSA) is 102 Å². The molecule has 0 radical (unpaired) electrons. The molecule has 0 saturated heterocycles. The third-order valence-corrected chi connectivity index (χ3v) is 5.47. The molecule has 2 aromatic carbocycles. The summed E-state index contributed by atoms with van der Waals surface area (Å²) in [5.41, 5.74) is 0.274. The van der Waals surface area contributed by atoms with E-state index in [0.717, 1.165) is 0 Å². The molecule has 0 bridgehead atoms. The molecule has 1 aliphatic rings. The van der Waals surface area contributed by atoms with Crippen molar-refractivity contribution in [2.24, 2.45) is 0 Å². The Kier molecular flexibility index (Phi) is 4.45. The van der Waals surface area contributed by atoms with E-state index in [9.17, 15) is 18.0 Å². The SMILES string of the molecule is CC(=O)NCCNC(=O)c1ccc2c(c1)Oc1ccccc1S2(=O)=O. The Hall–Kier alpha value is -2.87. The molecule has 25 heavy (non-hydrogen) atoms. The van der Waals surface area contributed by atoms with Crippen molar-refractivity contribution in [3.8, 4) is 11.5 Å². The summed E-state index contributed by atoms with van der Waals surface area (Å²) in [5.74, 6) is -0.209. The van der Waals surface area contributed by atoms with Gasteiger partial charge in [0, 0.05) is 25.6 Å². The number of rotatable bonds is 4. The number of hydrogen-bond acceptors (Lipinski definition) is 5. The van der Waals surface area contributed by atoms with E-state index in [0.29, 0.717) is 6.54 Å². The summed E-state index contributed by atoms with van der Waals surface area (Å²) in [7, 11) is -3.68. The molecule has 0 unspecified atom stereocenters. The molecule has 1 aliphatic heterocycles. The van der Waals surface area contributed by atoms with Crippen molar-refractivity contribution < 1.29 is 22.7 Å². The molecule has 3 rings (SSSR count). The molecular weight excluding hydrogens is 344 g/mol. The van der Waals surface area contributed by atoms with Crippen LogP contribution in [-0.4, -0.2) is 33.3 Å². The van der Waals surface area contributed by atoms with Gasteiger partial charge in [0.05, 0.1) is 0 Å². The highest BCUT2D eigenvalue weighted by molar-refractivity contribution is 7.91. The van der Waals surface area contributed by atoms with Gasteiger partial charge in [-0.1, -0.05) is 12.1 Å².